The Labute approximate surface area is 194 Å². The number of sulfonamides is 1. The summed E-state index contributed by atoms with van der Waals surface area (Å²) >= 11 is 0. The van der Waals surface area contributed by atoms with Crippen LogP contribution in [0.3, 0.4) is 0 Å². The quantitative estimate of drug-likeness (QED) is 0.665. The van der Waals surface area contributed by atoms with Crippen LogP contribution >= 0.6 is 0 Å². The number of nitrogens with one attached hydrogen (secondary N) is 1. The van der Waals surface area contributed by atoms with Gasteiger partial charge in [-0.2, -0.15) is 4.31 Å². The number of amides is 1. The maximum Gasteiger partial charge on any atom is 0.243 e. The number of hydrogen-bond donors (Lipinski definition) is 1. The molecule has 1 N–H and O–H groups in total. The van der Waals surface area contributed by atoms with Crippen molar-refractivity contribution in [3.05, 3.63) is 65.5 Å². The van der Waals surface area contributed by atoms with E-state index < -0.39 is 21.8 Å². The van der Waals surface area contributed by atoms with Crippen LogP contribution in [0.15, 0.2) is 53.4 Å². The largest absolute Gasteiger partial charge is 0.379 e. The van der Waals surface area contributed by atoms with Gasteiger partial charge in [-0.05, 0) is 48.2 Å². The first-order chi connectivity index (χ1) is 15.9. The Bertz CT molecular complexity index is 1060. The predicted octanol–water partition coefficient (Wildman–Crippen LogP) is 2.38. The van der Waals surface area contributed by atoms with E-state index in [0.29, 0.717) is 25.9 Å². The molecule has 0 aromatic heterocycles. The minimum atomic E-state index is -3.76. The zero-order chi connectivity index (χ0) is 23.3. The van der Waals surface area contributed by atoms with Crippen LogP contribution < -0.4 is 5.32 Å². The summed E-state index contributed by atoms with van der Waals surface area (Å²) in [6.07, 6.45) is 1.24. The van der Waals surface area contributed by atoms with E-state index in [9.17, 15) is 17.6 Å². The number of piperidine rings is 1. The number of carbonyl (C=O) groups excluding carboxylic acids is 1. The molecule has 0 saturated carbocycles. The molecule has 178 valence electrons. The number of ether oxygens (including phenoxy) is 1. The molecule has 0 bridgehead atoms. The van der Waals surface area contributed by atoms with E-state index in [0.717, 1.165) is 50.5 Å². The molecule has 9 heteroatoms. The summed E-state index contributed by atoms with van der Waals surface area (Å²) in [4.78, 5) is 15.3. The summed E-state index contributed by atoms with van der Waals surface area (Å²) in [5.74, 6) is -1.05. The molecule has 2 heterocycles. The number of halogens is 1. The number of morpholine rings is 1. The summed E-state index contributed by atoms with van der Waals surface area (Å²) in [6.45, 7) is 4.94. The molecule has 4 rings (SSSR count). The Morgan fingerprint density at radius 3 is 2.45 bits per heavy atom. The molecule has 2 aromatic carbocycles. The Morgan fingerprint density at radius 2 is 1.73 bits per heavy atom. The lowest BCUT2D eigenvalue weighted by molar-refractivity contribution is -0.126. The zero-order valence-electron chi connectivity index (χ0n) is 18.6. The van der Waals surface area contributed by atoms with Crippen molar-refractivity contribution in [3.63, 3.8) is 0 Å². The van der Waals surface area contributed by atoms with Gasteiger partial charge in [0.25, 0.3) is 0 Å². The molecule has 0 radical (unpaired) electrons. The molecular weight excluding hydrogens is 445 g/mol. The van der Waals surface area contributed by atoms with E-state index in [2.05, 4.69) is 16.3 Å². The third-order valence-electron chi connectivity index (χ3n) is 6.28. The van der Waals surface area contributed by atoms with Crippen molar-refractivity contribution in [1.82, 2.24) is 14.5 Å². The van der Waals surface area contributed by atoms with Gasteiger partial charge in [-0.3, -0.25) is 9.69 Å². The molecule has 2 aliphatic rings. The maximum atomic E-state index is 13.2. The van der Waals surface area contributed by atoms with Gasteiger partial charge in [0.2, 0.25) is 15.9 Å². The van der Waals surface area contributed by atoms with Gasteiger partial charge in [-0.15, -0.1) is 0 Å². The van der Waals surface area contributed by atoms with Gasteiger partial charge < -0.3 is 10.1 Å². The standard InChI is InChI=1S/C24H30FN3O4S/c25-22-7-9-23(10-8-22)33(30,31)28-11-3-6-21(18-28)24(29)26-16-19-4-1-2-5-20(19)17-27-12-14-32-15-13-27/h1-2,4-5,7-10,21H,3,6,11-18H2,(H,26,29)/t21-/m1/s1. The second-order valence-electron chi connectivity index (χ2n) is 8.53. The van der Waals surface area contributed by atoms with Gasteiger partial charge >= 0.3 is 0 Å². The molecule has 2 aromatic rings. The summed E-state index contributed by atoms with van der Waals surface area (Å²) in [5.41, 5.74) is 2.23. The second-order valence-corrected chi connectivity index (χ2v) is 10.5. The Balaban J connectivity index is 1.37. The van der Waals surface area contributed by atoms with Crippen LogP contribution in [0, 0.1) is 11.7 Å². The smallest absolute Gasteiger partial charge is 0.243 e. The summed E-state index contributed by atoms with van der Waals surface area (Å²) in [6, 6.07) is 12.9. The van der Waals surface area contributed by atoms with E-state index >= 15 is 0 Å². The van der Waals surface area contributed by atoms with Crippen LogP contribution in [-0.2, 0) is 32.6 Å². The molecule has 2 aliphatic heterocycles. The average molecular weight is 476 g/mol. The Morgan fingerprint density at radius 1 is 1.03 bits per heavy atom. The lowest BCUT2D eigenvalue weighted by atomic mass is 9.98. The van der Waals surface area contributed by atoms with Gasteiger partial charge in [0.05, 0.1) is 24.0 Å². The summed E-state index contributed by atoms with van der Waals surface area (Å²) in [7, 11) is -3.76. The predicted molar refractivity (Wildman–Crippen MR) is 122 cm³/mol. The number of hydrogen-bond acceptors (Lipinski definition) is 5. The maximum absolute atomic E-state index is 13.2. The van der Waals surface area contributed by atoms with Gasteiger partial charge in [-0.1, -0.05) is 24.3 Å². The fourth-order valence-corrected chi connectivity index (χ4v) is 5.87. The third kappa shape index (κ3) is 5.97. The van der Waals surface area contributed by atoms with Crippen molar-refractivity contribution in [2.24, 2.45) is 5.92 Å². The van der Waals surface area contributed by atoms with Crippen LogP contribution in [0.1, 0.15) is 24.0 Å². The molecule has 0 spiro atoms. The van der Waals surface area contributed by atoms with E-state index in [4.69, 9.17) is 4.74 Å². The fourth-order valence-electron chi connectivity index (χ4n) is 4.34. The van der Waals surface area contributed by atoms with Crippen LogP contribution in [0.2, 0.25) is 0 Å². The minimum absolute atomic E-state index is 0.0435. The first-order valence-electron chi connectivity index (χ1n) is 11.3. The van der Waals surface area contributed by atoms with Crippen molar-refractivity contribution in [2.75, 3.05) is 39.4 Å². The van der Waals surface area contributed by atoms with Crippen molar-refractivity contribution in [2.45, 2.75) is 30.8 Å². The van der Waals surface area contributed by atoms with E-state index in [1.807, 2.05) is 18.2 Å². The number of benzene rings is 2. The molecule has 33 heavy (non-hydrogen) atoms. The van der Waals surface area contributed by atoms with Gasteiger partial charge in [0.1, 0.15) is 5.82 Å². The normalized spacial score (nSPS) is 20.5. The van der Waals surface area contributed by atoms with Crippen molar-refractivity contribution in [1.29, 1.82) is 0 Å². The minimum Gasteiger partial charge on any atom is -0.379 e. The zero-order valence-corrected chi connectivity index (χ0v) is 19.4. The van der Waals surface area contributed by atoms with Crippen LogP contribution in [0.4, 0.5) is 4.39 Å². The van der Waals surface area contributed by atoms with E-state index in [-0.39, 0.29) is 17.3 Å². The Kier molecular flexibility index (Phi) is 7.75. The first-order valence-corrected chi connectivity index (χ1v) is 12.8. The van der Waals surface area contributed by atoms with Gasteiger partial charge in [0.15, 0.2) is 0 Å². The van der Waals surface area contributed by atoms with Crippen LogP contribution in [-0.4, -0.2) is 62.9 Å². The molecular formula is C24H30FN3O4S. The number of nitrogens with zero attached hydrogens (tertiary/aromatic N) is 2. The van der Waals surface area contributed by atoms with Crippen LogP contribution in [0.5, 0.6) is 0 Å². The first kappa shape index (κ1) is 23.8. The fraction of sp³-hybridized carbons (Fsp3) is 0.458. The van der Waals surface area contributed by atoms with Crippen molar-refractivity contribution in [3.8, 4) is 0 Å². The highest BCUT2D eigenvalue weighted by molar-refractivity contribution is 7.89. The van der Waals surface area contributed by atoms with Gasteiger partial charge in [0, 0.05) is 39.3 Å². The molecule has 1 atom stereocenters. The van der Waals surface area contributed by atoms with Crippen LogP contribution in [0.25, 0.3) is 0 Å². The van der Waals surface area contributed by atoms with Crippen molar-refractivity contribution >= 4 is 15.9 Å². The van der Waals surface area contributed by atoms with E-state index in [1.165, 1.54) is 22.0 Å². The summed E-state index contributed by atoms with van der Waals surface area (Å²) < 4.78 is 45.8. The van der Waals surface area contributed by atoms with Crippen molar-refractivity contribution < 1.29 is 22.3 Å². The topological polar surface area (TPSA) is 79.0 Å². The molecule has 0 unspecified atom stereocenters. The highest BCUT2D eigenvalue weighted by atomic mass is 32.2. The molecule has 7 nitrogen and oxygen atoms in total. The highest BCUT2D eigenvalue weighted by Crippen LogP contribution is 2.24. The average Bonchev–Trinajstić information content (AvgIpc) is 2.84. The lowest BCUT2D eigenvalue weighted by Crippen LogP contribution is -2.45. The SMILES string of the molecule is O=C(NCc1ccccc1CN1CCOCC1)[C@@H]1CCCN(S(=O)(=O)c2ccc(F)cc2)C1. The number of rotatable bonds is 7. The second kappa shape index (κ2) is 10.7. The molecule has 0 aliphatic carbocycles. The highest BCUT2D eigenvalue weighted by Gasteiger charge is 2.33. The van der Waals surface area contributed by atoms with Gasteiger partial charge in [-0.25, -0.2) is 12.8 Å². The Hall–Kier alpha value is -2.33. The molecule has 2 saturated heterocycles. The number of carbonyl (C=O) groups is 1. The van der Waals surface area contributed by atoms with E-state index in [1.54, 1.807) is 0 Å². The summed E-state index contributed by atoms with van der Waals surface area (Å²) in [5, 5.41) is 3.01. The molecule has 1 amide bonds. The lowest BCUT2D eigenvalue weighted by Gasteiger charge is -2.31. The molecule has 2 fully saturated rings. The monoisotopic (exact) mass is 475 g/mol. The third-order valence-corrected chi connectivity index (χ3v) is 8.15.